The van der Waals surface area contributed by atoms with Gasteiger partial charge in [-0.15, -0.1) is 0 Å². The number of halogens is 1. The van der Waals surface area contributed by atoms with Crippen LogP contribution < -0.4 is 0 Å². The van der Waals surface area contributed by atoms with E-state index in [9.17, 15) is 0 Å². The Bertz CT molecular complexity index is 379. The van der Waals surface area contributed by atoms with Crippen LogP contribution in [0.1, 0.15) is 18.4 Å². The number of hydrogen-bond donors (Lipinski definition) is 0. The Hall–Kier alpha value is -1.18. The largest absolute Gasteiger partial charge is 0.298 e. The monoisotopic (exact) mass is 238 g/mol. The van der Waals surface area contributed by atoms with Crippen molar-refractivity contribution in [2.75, 3.05) is 13.6 Å². The summed E-state index contributed by atoms with van der Waals surface area (Å²) in [6.07, 6.45) is 0. The molecule has 1 rings (SSSR count). The molecule has 0 fully saturated rings. The van der Waals surface area contributed by atoms with E-state index in [0.717, 1.165) is 5.69 Å². The lowest BCUT2D eigenvalue weighted by Crippen LogP contribution is -2.24. The van der Waals surface area contributed by atoms with Crippen LogP contribution in [0.5, 0.6) is 0 Å². The van der Waals surface area contributed by atoms with Crippen LogP contribution in [-0.2, 0) is 6.54 Å². The zero-order chi connectivity index (χ0) is 12.1. The van der Waals surface area contributed by atoms with E-state index in [1.165, 1.54) is 0 Å². The molecule has 5 heteroatoms. The molecular formula is C11H15ClN4. The van der Waals surface area contributed by atoms with Crippen LogP contribution in [0, 0.1) is 24.2 Å². The number of aromatic nitrogens is 2. The molecule has 0 aliphatic carbocycles. The zero-order valence-corrected chi connectivity index (χ0v) is 10.5. The van der Waals surface area contributed by atoms with Crippen LogP contribution in [0.25, 0.3) is 0 Å². The molecule has 1 heterocycles. The topological polar surface area (TPSA) is 52.8 Å². The third-order valence-corrected chi connectivity index (χ3v) is 2.28. The lowest BCUT2D eigenvalue weighted by Gasteiger charge is -2.16. The van der Waals surface area contributed by atoms with Crippen molar-refractivity contribution < 1.29 is 0 Å². The first kappa shape index (κ1) is 12.9. The molecule has 1 atom stereocenters. The Morgan fingerprint density at radius 1 is 1.56 bits per heavy atom. The summed E-state index contributed by atoms with van der Waals surface area (Å²) in [5.74, 6) is 0.697. The van der Waals surface area contributed by atoms with Gasteiger partial charge in [0.25, 0.3) is 0 Å². The second-order valence-corrected chi connectivity index (χ2v) is 4.36. The fraction of sp³-hybridized carbons (Fsp3) is 0.545. The van der Waals surface area contributed by atoms with E-state index in [-0.39, 0.29) is 5.92 Å². The van der Waals surface area contributed by atoms with Gasteiger partial charge in [0.15, 0.2) is 0 Å². The quantitative estimate of drug-likeness (QED) is 0.754. The molecular weight excluding hydrogens is 224 g/mol. The van der Waals surface area contributed by atoms with E-state index in [4.69, 9.17) is 16.9 Å². The molecule has 0 N–H and O–H groups in total. The summed E-state index contributed by atoms with van der Waals surface area (Å²) in [6.45, 7) is 5.08. The summed E-state index contributed by atoms with van der Waals surface area (Å²) >= 11 is 5.84. The Morgan fingerprint density at radius 3 is 2.81 bits per heavy atom. The highest BCUT2D eigenvalue weighted by molar-refractivity contribution is 6.29. The van der Waals surface area contributed by atoms with Crippen LogP contribution in [0.15, 0.2) is 6.07 Å². The summed E-state index contributed by atoms with van der Waals surface area (Å²) in [5.41, 5.74) is 0.858. The average Bonchev–Trinajstić information content (AvgIpc) is 2.15. The molecule has 0 spiro atoms. The van der Waals surface area contributed by atoms with Crippen LogP contribution in [0.3, 0.4) is 0 Å². The molecule has 0 radical (unpaired) electrons. The lowest BCUT2D eigenvalue weighted by molar-refractivity contribution is 0.295. The third kappa shape index (κ3) is 4.13. The number of hydrogen-bond acceptors (Lipinski definition) is 4. The minimum absolute atomic E-state index is 0.00489. The van der Waals surface area contributed by atoms with E-state index >= 15 is 0 Å². The van der Waals surface area contributed by atoms with E-state index in [0.29, 0.717) is 24.1 Å². The highest BCUT2D eigenvalue weighted by Gasteiger charge is 2.08. The van der Waals surface area contributed by atoms with Gasteiger partial charge in [0.05, 0.1) is 18.5 Å². The van der Waals surface area contributed by atoms with E-state index in [1.54, 1.807) is 6.07 Å². The van der Waals surface area contributed by atoms with E-state index in [2.05, 4.69) is 16.0 Å². The summed E-state index contributed by atoms with van der Waals surface area (Å²) in [6, 6.07) is 3.92. The van der Waals surface area contributed by atoms with E-state index < -0.39 is 0 Å². The van der Waals surface area contributed by atoms with Crippen LogP contribution in [0.2, 0.25) is 5.15 Å². The minimum Gasteiger partial charge on any atom is -0.298 e. The Balaban J connectivity index is 2.63. The van der Waals surface area contributed by atoms with Crippen molar-refractivity contribution in [1.82, 2.24) is 14.9 Å². The van der Waals surface area contributed by atoms with Crippen molar-refractivity contribution in [3.05, 3.63) is 22.7 Å². The van der Waals surface area contributed by atoms with Gasteiger partial charge >= 0.3 is 0 Å². The molecule has 16 heavy (non-hydrogen) atoms. The van der Waals surface area contributed by atoms with Crippen LogP contribution >= 0.6 is 11.6 Å². The molecule has 0 aliphatic rings. The van der Waals surface area contributed by atoms with Crippen molar-refractivity contribution in [1.29, 1.82) is 5.26 Å². The molecule has 0 saturated heterocycles. The number of rotatable bonds is 4. The van der Waals surface area contributed by atoms with Gasteiger partial charge in [0.1, 0.15) is 11.0 Å². The fourth-order valence-electron chi connectivity index (χ4n) is 1.47. The van der Waals surface area contributed by atoms with Crippen molar-refractivity contribution in [3.63, 3.8) is 0 Å². The smallest absolute Gasteiger partial charge is 0.144 e. The molecule has 4 nitrogen and oxygen atoms in total. The first-order chi connectivity index (χ1) is 7.51. The van der Waals surface area contributed by atoms with Gasteiger partial charge in [0.2, 0.25) is 0 Å². The molecule has 1 aromatic rings. The molecule has 0 saturated carbocycles. The Kier molecular flexibility index (Phi) is 4.66. The van der Waals surface area contributed by atoms with Crippen molar-refractivity contribution in [2.24, 2.45) is 5.92 Å². The minimum atomic E-state index is 0.00489. The fourth-order valence-corrected chi connectivity index (χ4v) is 1.73. The predicted molar refractivity (Wildman–Crippen MR) is 62.9 cm³/mol. The maximum absolute atomic E-state index is 8.71. The average molecular weight is 239 g/mol. The predicted octanol–water partition coefficient (Wildman–Crippen LogP) is 2.03. The molecule has 0 bridgehead atoms. The van der Waals surface area contributed by atoms with Crippen molar-refractivity contribution in [3.8, 4) is 6.07 Å². The van der Waals surface area contributed by atoms with Gasteiger partial charge in [0, 0.05) is 12.2 Å². The molecule has 1 aromatic heterocycles. The Labute approximate surface area is 101 Å². The molecule has 0 aromatic carbocycles. The number of nitrogens with zero attached hydrogens (tertiary/aromatic N) is 4. The van der Waals surface area contributed by atoms with Gasteiger partial charge in [-0.1, -0.05) is 11.6 Å². The summed E-state index contributed by atoms with van der Waals surface area (Å²) in [5, 5.41) is 9.17. The Morgan fingerprint density at radius 2 is 2.25 bits per heavy atom. The van der Waals surface area contributed by atoms with Gasteiger partial charge in [-0.2, -0.15) is 5.26 Å². The highest BCUT2D eigenvalue weighted by Crippen LogP contribution is 2.08. The zero-order valence-electron chi connectivity index (χ0n) is 9.74. The number of nitriles is 1. The molecule has 0 aliphatic heterocycles. The second-order valence-electron chi connectivity index (χ2n) is 3.98. The van der Waals surface area contributed by atoms with Crippen molar-refractivity contribution in [2.45, 2.75) is 20.4 Å². The van der Waals surface area contributed by atoms with Gasteiger partial charge in [-0.05, 0) is 27.0 Å². The normalized spacial score (nSPS) is 12.5. The first-order valence-electron chi connectivity index (χ1n) is 5.09. The van der Waals surface area contributed by atoms with Gasteiger partial charge in [-0.3, -0.25) is 4.90 Å². The maximum atomic E-state index is 8.71. The molecule has 86 valence electrons. The highest BCUT2D eigenvalue weighted by atomic mass is 35.5. The van der Waals surface area contributed by atoms with Crippen LogP contribution in [-0.4, -0.2) is 28.5 Å². The maximum Gasteiger partial charge on any atom is 0.144 e. The van der Waals surface area contributed by atoms with Crippen molar-refractivity contribution >= 4 is 11.6 Å². The summed E-state index contributed by atoms with van der Waals surface area (Å²) < 4.78 is 0. The summed E-state index contributed by atoms with van der Waals surface area (Å²) in [4.78, 5) is 10.4. The lowest BCUT2D eigenvalue weighted by atomic mass is 10.2. The third-order valence-electron chi connectivity index (χ3n) is 2.09. The van der Waals surface area contributed by atoms with Gasteiger partial charge in [-0.25, -0.2) is 9.97 Å². The van der Waals surface area contributed by atoms with Gasteiger partial charge < -0.3 is 0 Å². The molecule has 0 amide bonds. The van der Waals surface area contributed by atoms with Crippen LogP contribution in [0.4, 0.5) is 0 Å². The SMILES string of the molecule is Cc1cc(Cl)nc(CN(C)CC(C)C#N)n1. The van der Waals surface area contributed by atoms with E-state index in [1.807, 2.05) is 25.8 Å². The standard InChI is InChI=1S/C11H15ClN4/c1-8(5-13)6-16(3)7-11-14-9(2)4-10(12)15-11/h4,8H,6-7H2,1-3H3. The summed E-state index contributed by atoms with van der Waals surface area (Å²) in [7, 11) is 1.94. The first-order valence-corrected chi connectivity index (χ1v) is 5.47. The number of aryl methyl sites for hydroxylation is 1. The molecule has 1 unspecified atom stereocenters. The second kappa shape index (κ2) is 5.78.